The predicted octanol–water partition coefficient (Wildman–Crippen LogP) is 1.40. The SMILES string of the molecule is CCCCc1ccccc1.OP(O)(O)=S.OP(O)(O)=S. The number of unbranched alkanes of at least 4 members (excludes halogenated alkanes) is 1. The Hall–Kier alpha value is 0.280. The van der Waals surface area contributed by atoms with Crippen molar-refractivity contribution >= 4 is 37.1 Å². The molecule has 0 atom stereocenters. The number of aryl methyl sites for hydroxylation is 1. The van der Waals surface area contributed by atoms with Crippen LogP contribution in [0.5, 0.6) is 0 Å². The molecule has 1 aromatic carbocycles. The van der Waals surface area contributed by atoms with Gasteiger partial charge in [-0.15, -0.1) is 0 Å². The maximum atomic E-state index is 7.56. The third kappa shape index (κ3) is 36.2. The van der Waals surface area contributed by atoms with E-state index >= 15 is 0 Å². The van der Waals surface area contributed by atoms with Crippen molar-refractivity contribution in [2.45, 2.75) is 26.2 Å². The molecular weight excluding hydrogens is 342 g/mol. The summed E-state index contributed by atoms with van der Waals surface area (Å²) < 4.78 is 0. The minimum atomic E-state index is -3.81. The first-order valence-corrected chi connectivity index (χ1v) is 10.9. The molecule has 0 spiro atoms. The predicted molar refractivity (Wildman–Crippen MR) is 86.9 cm³/mol. The summed E-state index contributed by atoms with van der Waals surface area (Å²) in [6, 6.07) is 10.6. The lowest BCUT2D eigenvalue weighted by Crippen LogP contribution is -1.81. The number of hydrogen-bond acceptors (Lipinski definition) is 2. The summed E-state index contributed by atoms with van der Waals surface area (Å²) in [7, 11) is 0. The van der Waals surface area contributed by atoms with Crippen LogP contribution in [0.15, 0.2) is 30.3 Å². The average molecular weight is 362 g/mol. The van der Waals surface area contributed by atoms with Gasteiger partial charge < -0.3 is 29.4 Å². The standard InChI is InChI=1S/C10H14.2H3O3PS/c1-2-3-7-10-8-5-4-6-9-10;2*1-4(2,3)5/h4-6,8-9H,2-3,7H2,1H3;2*(H3,1,2,3,5). The van der Waals surface area contributed by atoms with Gasteiger partial charge in [0.25, 0.3) is 0 Å². The van der Waals surface area contributed by atoms with Gasteiger partial charge in [-0.1, -0.05) is 43.7 Å². The summed E-state index contributed by atoms with van der Waals surface area (Å²) in [5.41, 5.74) is 1.46. The highest BCUT2D eigenvalue weighted by molar-refractivity contribution is 8.06. The van der Waals surface area contributed by atoms with Crippen LogP contribution in [-0.2, 0) is 30.0 Å². The van der Waals surface area contributed by atoms with E-state index in [2.05, 4.69) is 60.9 Å². The maximum absolute atomic E-state index is 7.56. The van der Waals surface area contributed by atoms with Crippen molar-refractivity contribution in [2.24, 2.45) is 0 Å². The summed E-state index contributed by atoms with van der Waals surface area (Å²) >= 11 is 7.21. The lowest BCUT2D eigenvalue weighted by Gasteiger charge is -1.96. The molecule has 0 aromatic heterocycles. The Morgan fingerprint density at radius 3 is 1.50 bits per heavy atom. The molecule has 6 N–H and O–H groups in total. The van der Waals surface area contributed by atoms with Gasteiger partial charge in [0.2, 0.25) is 0 Å². The van der Waals surface area contributed by atoms with Crippen molar-refractivity contribution in [1.82, 2.24) is 0 Å². The molecule has 10 heteroatoms. The van der Waals surface area contributed by atoms with E-state index < -0.39 is 13.4 Å². The normalized spacial score (nSPS) is 10.8. The summed E-state index contributed by atoms with van der Waals surface area (Å²) in [4.78, 5) is 45.3. The smallest absolute Gasteiger partial charge is 0.319 e. The molecule has 0 unspecified atom stereocenters. The maximum Gasteiger partial charge on any atom is 0.319 e. The van der Waals surface area contributed by atoms with E-state index in [1.165, 1.54) is 24.8 Å². The van der Waals surface area contributed by atoms with E-state index in [1.807, 2.05) is 0 Å². The molecule has 0 aliphatic rings. The van der Waals surface area contributed by atoms with Gasteiger partial charge in [0.15, 0.2) is 0 Å². The highest BCUT2D eigenvalue weighted by atomic mass is 32.5. The Bertz CT molecular complexity index is 394. The zero-order valence-corrected chi connectivity index (χ0v) is 14.3. The van der Waals surface area contributed by atoms with Crippen LogP contribution in [0, 0.1) is 0 Å². The summed E-state index contributed by atoms with van der Waals surface area (Å²) in [5.74, 6) is 0. The minimum Gasteiger partial charge on any atom is -0.325 e. The van der Waals surface area contributed by atoms with Gasteiger partial charge in [-0.05, 0) is 42.0 Å². The molecule has 0 amide bonds. The molecule has 20 heavy (non-hydrogen) atoms. The third-order valence-corrected chi connectivity index (χ3v) is 1.66. The summed E-state index contributed by atoms with van der Waals surface area (Å²) in [6.45, 7) is -5.39. The molecule has 0 heterocycles. The lowest BCUT2D eigenvalue weighted by molar-refractivity contribution is 0.361. The molecule has 1 rings (SSSR count). The molecule has 0 fully saturated rings. The summed E-state index contributed by atoms with van der Waals surface area (Å²) in [6.07, 6.45) is 3.83. The second-order valence-corrected chi connectivity index (χ2v) is 8.61. The topological polar surface area (TPSA) is 121 Å². The Morgan fingerprint density at radius 2 is 1.20 bits per heavy atom. The van der Waals surface area contributed by atoms with Crippen molar-refractivity contribution in [2.75, 3.05) is 0 Å². The first-order chi connectivity index (χ1) is 8.93. The second kappa shape index (κ2) is 11.9. The second-order valence-electron chi connectivity index (χ2n) is 3.62. The molecule has 0 bridgehead atoms. The third-order valence-electron chi connectivity index (χ3n) is 1.66. The van der Waals surface area contributed by atoms with E-state index in [0.29, 0.717) is 0 Å². The molecule has 118 valence electrons. The van der Waals surface area contributed by atoms with Crippen LogP contribution in [-0.4, -0.2) is 29.4 Å². The van der Waals surface area contributed by atoms with Crippen LogP contribution < -0.4 is 0 Å². The fourth-order valence-corrected chi connectivity index (χ4v) is 1.03. The van der Waals surface area contributed by atoms with Crippen LogP contribution in [0.1, 0.15) is 25.3 Å². The Kier molecular flexibility index (Phi) is 13.4. The zero-order chi connectivity index (χ0) is 16.2. The van der Waals surface area contributed by atoms with E-state index in [-0.39, 0.29) is 0 Å². The molecule has 0 radical (unpaired) electrons. The lowest BCUT2D eigenvalue weighted by atomic mass is 10.1. The highest BCUT2D eigenvalue weighted by Crippen LogP contribution is 2.26. The average Bonchev–Trinajstić information content (AvgIpc) is 2.23. The zero-order valence-electron chi connectivity index (χ0n) is 10.9. The minimum absolute atomic E-state index is 1.23. The van der Waals surface area contributed by atoms with Crippen LogP contribution in [0.3, 0.4) is 0 Å². The molecule has 0 saturated carbocycles. The first-order valence-electron chi connectivity index (χ1n) is 5.54. The van der Waals surface area contributed by atoms with Crippen molar-refractivity contribution in [3.8, 4) is 0 Å². The van der Waals surface area contributed by atoms with E-state index in [4.69, 9.17) is 29.4 Å². The van der Waals surface area contributed by atoms with Gasteiger partial charge in [0, 0.05) is 0 Å². The molecule has 0 aliphatic carbocycles. The van der Waals surface area contributed by atoms with Crippen LogP contribution in [0.25, 0.3) is 0 Å². The van der Waals surface area contributed by atoms with Gasteiger partial charge >= 0.3 is 13.4 Å². The Balaban J connectivity index is 0. The van der Waals surface area contributed by atoms with Crippen molar-refractivity contribution in [3.63, 3.8) is 0 Å². The van der Waals surface area contributed by atoms with Gasteiger partial charge in [-0.3, -0.25) is 0 Å². The Morgan fingerprint density at radius 1 is 0.850 bits per heavy atom. The van der Waals surface area contributed by atoms with Gasteiger partial charge in [0.1, 0.15) is 0 Å². The van der Waals surface area contributed by atoms with Crippen molar-refractivity contribution in [1.29, 1.82) is 0 Å². The van der Waals surface area contributed by atoms with Crippen LogP contribution >= 0.6 is 13.4 Å². The molecular formula is C10H20O6P2S2. The van der Waals surface area contributed by atoms with Gasteiger partial charge in [0.05, 0.1) is 0 Å². The highest BCUT2D eigenvalue weighted by Gasteiger charge is 1.92. The van der Waals surface area contributed by atoms with Gasteiger partial charge in [-0.25, -0.2) is 0 Å². The van der Waals surface area contributed by atoms with Crippen LogP contribution in [0.4, 0.5) is 0 Å². The van der Waals surface area contributed by atoms with Crippen molar-refractivity contribution in [3.05, 3.63) is 35.9 Å². The first kappa shape index (κ1) is 22.6. The van der Waals surface area contributed by atoms with E-state index in [1.54, 1.807) is 0 Å². The van der Waals surface area contributed by atoms with E-state index in [0.717, 1.165) is 0 Å². The summed E-state index contributed by atoms with van der Waals surface area (Å²) in [5, 5.41) is 0. The molecule has 1 aromatic rings. The largest absolute Gasteiger partial charge is 0.325 e. The molecule has 0 saturated heterocycles. The van der Waals surface area contributed by atoms with E-state index in [9.17, 15) is 0 Å². The molecule has 6 nitrogen and oxygen atoms in total. The quantitative estimate of drug-likeness (QED) is 0.447. The Labute approximate surface area is 128 Å². The fourth-order valence-electron chi connectivity index (χ4n) is 1.03. The number of rotatable bonds is 3. The fraction of sp³-hybridized carbons (Fsp3) is 0.400. The molecule has 0 aliphatic heterocycles. The van der Waals surface area contributed by atoms with Gasteiger partial charge in [-0.2, -0.15) is 0 Å². The van der Waals surface area contributed by atoms with Crippen molar-refractivity contribution < 1.29 is 29.4 Å². The monoisotopic (exact) mass is 362 g/mol. The number of benzene rings is 1. The van der Waals surface area contributed by atoms with Crippen LogP contribution in [0.2, 0.25) is 0 Å². The number of hydrogen-bond donors (Lipinski definition) is 6.